The van der Waals surface area contributed by atoms with Gasteiger partial charge in [-0.1, -0.05) is 13.8 Å². The molecule has 0 aromatic heterocycles. The Kier molecular flexibility index (Phi) is 4.45. The van der Waals surface area contributed by atoms with Gasteiger partial charge in [0.15, 0.2) is 9.84 Å². The van der Waals surface area contributed by atoms with Crippen LogP contribution in [-0.2, 0) is 14.6 Å². The van der Waals surface area contributed by atoms with Gasteiger partial charge >= 0.3 is 0 Å². The molecule has 5 fully saturated rings. The van der Waals surface area contributed by atoms with Crippen molar-refractivity contribution in [3.8, 4) is 0 Å². The van der Waals surface area contributed by atoms with Crippen LogP contribution >= 0.6 is 0 Å². The van der Waals surface area contributed by atoms with Crippen molar-refractivity contribution in [2.75, 3.05) is 18.8 Å². The second-order valence-corrected chi connectivity index (χ2v) is 12.2. The van der Waals surface area contributed by atoms with Gasteiger partial charge in [-0.3, -0.25) is 4.79 Å². The number of hydrogen-bond donors (Lipinski definition) is 0. The Balaban J connectivity index is 1.41. The fraction of sp³-hybridized carbons (Fsp3) is 0.950. The zero-order chi connectivity index (χ0) is 17.8. The average Bonchev–Trinajstić information content (AvgIpc) is 2.52. The fourth-order valence-corrected chi connectivity index (χ4v) is 8.86. The summed E-state index contributed by atoms with van der Waals surface area (Å²) in [4.78, 5) is 15.4. The van der Waals surface area contributed by atoms with E-state index in [1.807, 2.05) is 18.7 Å². The third-order valence-electron chi connectivity index (χ3n) is 7.29. The van der Waals surface area contributed by atoms with Gasteiger partial charge in [-0.05, 0) is 75.0 Å². The van der Waals surface area contributed by atoms with Crippen LogP contribution in [0.4, 0.5) is 0 Å². The van der Waals surface area contributed by atoms with Crippen molar-refractivity contribution in [1.29, 1.82) is 0 Å². The molecule has 4 bridgehead atoms. The van der Waals surface area contributed by atoms with Gasteiger partial charge in [0.25, 0.3) is 0 Å². The molecule has 0 radical (unpaired) electrons. The maximum Gasteiger partial charge on any atom is 0.228 e. The molecular formula is C20H33NO3S. The van der Waals surface area contributed by atoms with E-state index in [2.05, 4.69) is 0 Å². The molecule has 0 unspecified atom stereocenters. The lowest BCUT2D eigenvalue weighted by Gasteiger charge is -2.57. The Bertz CT molecular complexity index is 596. The zero-order valence-electron chi connectivity index (χ0n) is 15.7. The van der Waals surface area contributed by atoms with Crippen LogP contribution in [-0.4, -0.2) is 43.3 Å². The highest BCUT2D eigenvalue weighted by Crippen LogP contribution is 2.60. The first kappa shape index (κ1) is 17.8. The molecule has 1 heterocycles. The average molecular weight is 368 g/mol. The van der Waals surface area contributed by atoms with Crippen molar-refractivity contribution >= 4 is 15.7 Å². The molecule has 1 aliphatic heterocycles. The normalized spacial score (nSPS) is 38.5. The summed E-state index contributed by atoms with van der Waals surface area (Å²) in [5.74, 6) is 3.15. The number of carbonyl (C=O) groups excluding carboxylic acids is 1. The molecule has 0 spiro atoms. The lowest BCUT2D eigenvalue weighted by molar-refractivity contribution is -0.158. The number of likely N-dealkylation sites (tertiary alicyclic amines) is 1. The number of sulfone groups is 1. The third kappa shape index (κ3) is 3.26. The Morgan fingerprint density at radius 3 is 1.92 bits per heavy atom. The summed E-state index contributed by atoms with van der Waals surface area (Å²) >= 11 is 0. The predicted octanol–water partition coefficient (Wildman–Crippen LogP) is 3.26. The van der Waals surface area contributed by atoms with Gasteiger partial charge in [0.2, 0.25) is 5.91 Å². The van der Waals surface area contributed by atoms with E-state index < -0.39 is 9.84 Å². The van der Waals surface area contributed by atoms with Crippen LogP contribution in [0.1, 0.15) is 65.2 Å². The van der Waals surface area contributed by atoms with E-state index in [1.54, 1.807) is 0 Å². The maximum absolute atomic E-state index is 13.4. The topological polar surface area (TPSA) is 54.5 Å². The minimum Gasteiger partial charge on any atom is -0.342 e. The van der Waals surface area contributed by atoms with E-state index in [9.17, 15) is 13.2 Å². The summed E-state index contributed by atoms with van der Waals surface area (Å²) in [7, 11) is -3.01. The molecular weight excluding hydrogens is 334 g/mol. The molecule has 4 aliphatic carbocycles. The van der Waals surface area contributed by atoms with E-state index >= 15 is 0 Å². The summed E-state index contributed by atoms with van der Waals surface area (Å²) in [5, 5.41) is -0.240. The lowest BCUT2D eigenvalue weighted by atomic mass is 9.49. The highest BCUT2D eigenvalue weighted by Gasteiger charge is 2.55. The molecule has 5 heteroatoms. The van der Waals surface area contributed by atoms with Crippen molar-refractivity contribution in [1.82, 2.24) is 4.90 Å². The summed E-state index contributed by atoms with van der Waals surface area (Å²) in [6.45, 7) is 5.21. The smallest absolute Gasteiger partial charge is 0.228 e. The molecule has 1 amide bonds. The van der Waals surface area contributed by atoms with Gasteiger partial charge in [-0.15, -0.1) is 0 Å². The third-order valence-corrected chi connectivity index (χ3v) is 9.91. The van der Waals surface area contributed by atoms with E-state index in [0.29, 0.717) is 31.8 Å². The number of piperidine rings is 1. The second kappa shape index (κ2) is 6.24. The van der Waals surface area contributed by atoms with Crippen molar-refractivity contribution in [3.05, 3.63) is 0 Å². The van der Waals surface area contributed by atoms with Crippen LogP contribution in [0.2, 0.25) is 0 Å². The molecule has 142 valence electrons. The minimum absolute atomic E-state index is 0.0849. The van der Waals surface area contributed by atoms with Crippen molar-refractivity contribution in [2.24, 2.45) is 29.1 Å². The SMILES string of the molecule is CC(C)CS(=O)(=O)C1CCN(C(=O)C23CC4CC(CC(C4)C2)C3)CC1. The van der Waals surface area contributed by atoms with Crippen molar-refractivity contribution in [2.45, 2.75) is 70.5 Å². The van der Waals surface area contributed by atoms with Gasteiger partial charge in [0.05, 0.1) is 16.4 Å². The van der Waals surface area contributed by atoms with Gasteiger partial charge in [-0.2, -0.15) is 0 Å². The van der Waals surface area contributed by atoms with Crippen molar-refractivity contribution in [3.63, 3.8) is 0 Å². The summed E-state index contributed by atoms with van der Waals surface area (Å²) < 4.78 is 25.0. The lowest BCUT2D eigenvalue weighted by Crippen LogP contribution is -2.56. The highest BCUT2D eigenvalue weighted by molar-refractivity contribution is 7.92. The van der Waals surface area contributed by atoms with Crippen LogP contribution in [0.3, 0.4) is 0 Å². The number of rotatable bonds is 4. The van der Waals surface area contributed by atoms with Gasteiger partial charge < -0.3 is 4.90 Å². The molecule has 4 nitrogen and oxygen atoms in total. The Morgan fingerprint density at radius 2 is 1.48 bits per heavy atom. The summed E-state index contributed by atoms with van der Waals surface area (Å²) in [5.41, 5.74) is -0.0849. The van der Waals surface area contributed by atoms with E-state index in [-0.39, 0.29) is 22.3 Å². The van der Waals surface area contributed by atoms with Gasteiger partial charge in [0.1, 0.15) is 0 Å². The fourth-order valence-electron chi connectivity index (χ4n) is 6.73. The quantitative estimate of drug-likeness (QED) is 0.766. The Hall–Kier alpha value is -0.580. The van der Waals surface area contributed by atoms with Gasteiger partial charge in [0, 0.05) is 13.1 Å². The number of amides is 1. The maximum atomic E-state index is 13.4. The number of hydrogen-bond acceptors (Lipinski definition) is 3. The van der Waals surface area contributed by atoms with Crippen LogP contribution in [0.15, 0.2) is 0 Å². The van der Waals surface area contributed by atoms with E-state index in [4.69, 9.17) is 0 Å². The highest BCUT2D eigenvalue weighted by atomic mass is 32.2. The molecule has 0 aromatic carbocycles. The van der Waals surface area contributed by atoms with Gasteiger partial charge in [-0.25, -0.2) is 8.42 Å². The van der Waals surface area contributed by atoms with Crippen molar-refractivity contribution < 1.29 is 13.2 Å². The van der Waals surface area contributed by atoms with E-state index in [1.165, 1.54) is 19.3 Å². The summed E-state index contributed by atoms with van der Waals surface area (Å²) in [6, 6.07) is 0. The standard InChI is InChI=1S/C20H33NO3S/c1-14(2)13-25(23,24)18-3-5-21(6-4-18)19(22)20-10-15-7-16(11-20)9-17(8-15)12-20/h14-18H,3-13H2,1-2H3. The van der Waals surface area contributed by atoms with Crippen LogP contribution in [0.25, 0.3) is 0 Å². The first-order valence-corrected chi connectivity index (χ1v) is 12.0. The van der Waals surface area contributed by atoms with Crippen LogP contribution < -0.4 is 0 Å². The Labute approximate surface area is 152 Å². The summed E-state index contributed by atoms with van der Waals surface area (Å²) in [6.07, 6.45) is 8.61. The molecule has 25 heavy (non-hydrogen) atoms. The Morgan fingerprint density at radius 1 is 1.00 bits per heavy atom. The minimum atomic E-state index is -3.01. The van der Waals surface area contributed by atoms with E-state index in [0.717, 1.165) is 37.0 Å². The monoisotopic (exact) mass is 367 g/mol. The number of nitrogens with zero attached hydrogens (tertiary/aromatic N) is 1. The van der Waals surface area contributed by atoms with Crippen LogP contribution in [0, 0.1) is 29.1 Å². The zero-order valence-corrected chi connectivity index (χ0v) is 16.6. The molecule has 1 saturated heterocycles. The van der Waals surface area contributed by atoms with Crippen LogP contribution in [0.5, 0.6) is 0 Å². The number of carbonyl (C=O) groups is 1. The first-order valence-electron chi connectivity index (χ1n) is 10.3. The molecule has 0 atom stereocenters. The molecule has 5 aliphatic rings. The predicted molar refractivity (Wildman–Crippen MR) is 98.8 cm³/mol. The molecule has 0 aromatic rings. The molecule has 5 rings (SSSR count). The largest absolute Gasteiger partial charge is 0.342 e. The first-order chi connectivity index (χ1) is 11.8. The molecule has 4 saturated carbocycles. The molecule has 0 N–H and O–H groups in total. The second-order valence-electron chi connectivity index (χ2n) is 9.91.